The standard InChI is InChI=1S/C17H15N3O/c21-17(14-7-3-5-12-10-18-20-16(12)14)19-15-9-8-11-4-1-2-6-13(11)15/h1-7,10,15H,8-9H2,(H,18,20)(H,19,21). The Morgan fingerprint density at radius 2 is 2.10 bits per heavy atom. The number of benzene rings is 2. The number of aromatic amines is 1. The van der Waals surface area contributed by atoms with Crippen molar-refractivity contribution in [1.82, 2.24) is 15.5 Å². The van der Waals surface area contributed by atoms with E-state index in [2.05, 4.69) is 27.6 Å². The van der Waals surface area contributed by atoms with Gasteiger partial charge in [-0.05, 0) is 30.0 Å². The molecule has 4 heteroatoms. The molecule has 4 rings (SSSR count). The van der Waals surface area contributed by atoms with Gasteiger partial charge in [-0.1, -0.05) is 36.4 Å². The second kappa shape index (κ2) is 4.74. The number of fused-ring (bicyclic) bond motifs is 2. The SMILES string of the molecule is O=C(NC1CCc2ccccc21)c1cccc2cn[nH]c12. The minimum absolute atomic E-state index is 0.0495. The van der Waals surface area contributed by atoms with Crippen molar-refractivity contribution in [3.8, 4) is 0 Å². The van der Waals surface area contributed by atoms with Crippen LogP contribution in [0, 0.1) is 0 Å². The number of para-hydroxylation sites is 1. The van der Waals surface area contributed by atoms with Crippen LogP contribution in [0.15, 0.2) is 48.7 Å². The van der Waals surface area contributed by atoms with Gasteiger partial charge in [-0.15, -0.1) is 0 Å². The molecule has 0 spiro atoms. The van der Waals surface area contributed by atoms with Gasteiger partial charge >= 0.3 is 0 Å². The van der Waals surface area contributed by atoms with Gasteiger partial charge in [0.1, 0.15) is 0 Å². The van der Waals surface area contributed by atoms with Crippen LogP contribution in [0.25, 0.3) is 10.9 Å². The van der Waals surface area contributed by atoms with Crippen LogP contribution in [0.1, 0.15) is 33.9 Å². The zero-order valence-corrected chi connectivity index (χ0v) is 11.5. The number of aromatic nitrogens is 2. The second-order valence-electron chi connectivity index (χ2n) is 5.40. The predicted octanol–water partition coefficient (Wildman–Crippen LogP) is 2.98. The molecule has 0 saturated carbocycles. The van der Waals surface area contributed by atoms with E-state index in [1.165, 1.54) is 11.1 Å². The topological polar surface area (TPSA) is 57.8 Å². The third kappa shape index (κ3) is 2.00. The fourth-order valence-corrected chi connectivity index (χ4v) is 3.10. The number of aryl methyl sites for hydroxylation is 1. The maximum absolute atomic E-state index is 12.6. The lowest BCUT2D eigenvalue weighted by Crippen LogP contribution is -2.27. The molecule has 0 aliphatic heterocycles. The summed E-state index contributed by atoms with van der Waals surface area (Å²) in [6, 6.07) is 14.1. The van der Waals surface area contributed by atoms with Crippen LogP contribution >= 0.6 is 0 Å². The highest BCUT2D eigenvalue weighted by atomic mass is 16.1. The summed E-state index contributed by atoms with van der Waals surface area (Å²) >= 11 is 0. The van der Waals surface area contributed by atoms with Crippen LogP contribution in [0.4, 0.5) is 0 Å². The smallest absolute Gasteiger partial charge is 0.253 e. The van der Waals surface area contributed by atoms with Crippen LogP contribution in [0.5, 0.6) is 0 Å². The summed E-state index contributed by atoms with van der Waals surface area (Å²) in [5, 5.41) is 11.0. The zero-order chi connectivity index (χ0) is 14.2. The molecule has 0 bridgehead atoms. The minimum atomic E-state index is -0.0495. The molecule has 1 atom stereocenters. The van der Waals surface area contributed by atoms with Gasteiger partial charge < -0.3 is 5.32 Å². The van der Waals surface area contributed by atoms with Crippen molar-refractivity contribution in [3.05, 3.63) is 65.4 Å². The highest BCUT2D eigenvalue weighted by Crippen LogP contribution is 2.31. The molecule has 2 aromatic carbocycles. The van der Waals surface area contributed by atoms with Gasteiger partial charge in [0.25, 0.3) is 5.91 Å². The Morgan fingerprint density at radius 3 is 3.05 bits per heavy atom. The molecule has 1 aromatic heterocycles. The molecule has 3 aromatic rings. The highest BCUT2D eigenvalue weighted by Gasteiger charge is 2.24. The van der Waals surface area contributed by atoms with Gasteiger partial charge in [0, 0.05) is 5.39 Å². The van der Waals surface area contributed by atoms with Crippen LogP contribution < -0.4 is 5.32 Å². The third-order valence-electron chi connectivity index (χ3n) is 4.16. The van der Waals surface area contributed by atoms with E-state index in [0.29, 0.717) is 5.56 Å². The molecule has 1 heterocycles. The fourth-order valence-electron chi connectivity index (χ4n) is 3.10. The molecule has 2 N–H and O–H groups in total. The summed E-state index contributed by atoms with van der Waals surface area (Å²) in [7, 11) is 0. The van der Waals surface area contributed by atoms with Crippen molar-refractivity contribution in [2.45, 2.75) is 18.9 Å². The number of hydrogen-bond donors (Lipinski definition) is 2. The molecular formula is C17H15N3O. The van der Waals surface area contributed by atoms with Crippen molar-refractivity contribution >= 4 is 16.8 Å². The van der Waals surface area contributed by atoms with E-state index in [1.54, 1.807) is 6.20 Å². The van der Waals surface area contributed by atoms with Crippen molar-refractivity contribution in [2.75, 3.05) is 0 Å². The van der Waals surface area contributed by atoms with Crippen LogP contribution in [0.2, 0.25) is 0 Å². The molecule has 4 nitrogen and oxygen atoms in total. The molecule has 0 radical (unpaired) electrons. The number of carbonyl (C=O) groups is 1. The average molecular weight is 277 g/mol. The summed E-state index contributed by atoms with van der Waals surface area (Å²) in [6.07, 6.45) is 3.72. The monoisotopic (exact) mass is 277 g/mol. The molecule has 1 aliphatic carbocycles. The molecule has 104 valence electrons. The number of rotatable bonds is 2. The largest absolute Gasteiger partial charge is 0.345 e. The lowest BCUT2D eigenvalue weighted by atomic mass is 10.1. The maximum atomic E-state index is 12.6. The Balaban J connectivity index is 1.64. The van der Waals surface area contributed by atoms with E-state index < -0.39 is 0 Å². The summed E-state index contributed by atoms with van der Waals surface area (Å²) in [5.41, 5.74) is 4.01. The van der Waals surface area contributed by atoms with E-state index >= 15 is 0 Å². The normalized spacial score (nSPS) is 16.9. The van der Waals surface area contributed by atoms with Gasteiger partial charge in [-0.2, -0.15) is 5.10 Å². The lowest BCUT2D eigenvalue weighted by molar-refractivity contribution is 0.0938. The summed E-state index contributed by atoms with van der Waals surface area (Å²) < 4.78 is 0. The first kappa shape index (κ1) is 12.1. The van der Waals surface area contributed by atoms with Gasteiger partial charge in [0.2, 0.25) is 0 Å². The second-order valence-corrected chi connectivity index (χ2v) is 5.40. The Morgan fingerprint density at radius 1 is 1.19 bits per heavy atom. The Bertz CT molecular complexity index is 822. The molecule has 1 amide bonds. The third-order valence-corrected chi connectivity index (χ3v) is 4.16. The first-order valence-electron chi connectivity index (χ1n) is 7.14. The van der Waals surface area contributed by atoms with Crippen molar-refractivity contribution in [2.24, 2.45) is 0 Å². The van der Waals surface area contributed by atoms with E-state index in [-0.39, 0.29) is 11.9 Å². The van der Waals surface area contributed by atoms with Crippen LogP contribution in [-0.4, -0.2) is 16.1 Å². The Kier molecular flexibility index (Phi) is 2.74. The van der Waals surface area contributed by atoms with E-state index in [9.17, 15) is 4.79 Å². The fraction of sp³-hybridized carbons (Fsp3) is 0.176. The highest BCUT2D eigenvalue weighted by molar-refractivity contribution is 6.05. The Hall–Kier alpha value is -2.62. The van der Waals surface area contributed by atoms with Crippen LogP contribution in [0.3, 0.4) is 0 Å². The van der Waals surface area contributed by atoms with Crippen molar-refractivity contribution in [1.29, 1.82) is 0 Å². The molecule has 0 fully saturated rings. The van der Waals surface area contributed by atoms with E-state index in [4.69, 9.17) is 0 Å². The number of nitrogens with one attached hydrogen (secondary N) is 2. The lowest BCUT2D eigenvalue weighted by Gasteiger charge is -2.14. The van der Waals surface area contributed by atoms with Crippen LogP contribution in [-0.2, 0) is 6.42 Å². The number of nitrogens with zero attached hydrogens (tertiary/aromatic N) is 1. The first-order valence-corrected chi connectivity index (χ1v) is 7.14. The predicted molar refractivity (Wildman–Crippen MR) is 81.1 cm³/mol. The van der Waals surface area contributed by atoms with Gasteiger partial charge in [0.15, 0.2) is 0 Å². The Labute approximate surface area is 122 Å². The van der Waals surface area contributed by atoms with E-state index in [0.717, 1.165) is 23.7 Å². The minimum Gasteiger partial charge on any atom is -0.345 e. The van der Waals surface area contributed by atoms with Gasteiger partial charge in [0.05, 0.1) is 23.3 Å². The molecular weight excluding hydrogens is 262 g/mol. The van der Waals surface area contributed by atoms with Gasteiger partial charge in [-0.25, -0.2) is 0 Å². The number of carbonyl (C=O) groups excluding carboxylic acids is 1. The molecule has 1 aliphatic rings. The van der Waals surface area contributed by atoms with Crippen molar-refractivity contribution < 1.29 is 4.79 Å². The summed E-state index contributed by atoms with van der Waals surface area (Å²) in [6.45, 7) is 0. The number of H-pyrrole nitrogens is 1. The van der Waals surface area contributed by atoms with E-state index in [1.807, 2.05) is 30.3 Å². The number of hydrogen-bond acceptors (Lipinski definition) is 2. The first-order chi connectivity index (χ1) is 10.3. The zero-order valence-electron chi connectivity index (χ0n) is 11.5. The number of amides is 1. The van der Waals surface area contributed by atoms with Gasteiger partial charge in [-0.3, -0.25) is 9.89 Å². The average Bonchev–Trinajstić information content (AvgIpc) is 3.14. The molecule has 0 saturated heterocycles. The van der Waals surface area contributed by atoms with Crippen molar-refractivity contribution in [3.63, 3.8) is 0 Å². The molecule has 1 unspecified atom stereocenters. The maximum Gasteiger partial charge on any atom is 0.253 e. The summed E-state index contributed by atoms with van der Waals surface area (Å²) in [5.74, 6) is -0.0495. The summed E-state index contributed by atoms with van der Waals surface area (Å²) in [4.78, 5) is 12.6. The molecule has 21 heavy (non-hydrogen) atoms. The quantitative estimate of drug-likeness (QED) is 0.756.